The average Bonchev–Trinajstić information content (AvgIpc) is 3.12. The third-order valence-electron chi connectivity index (χ3n) is 4.67. The van der Waals surface area contributed by atoms with Gasteiger partial charge in [-0.25, -0.2) is 9.97 Å². The Kier molecular flexibility index (Phi) is 4.83. The molecular weight excluding hydrogens is 348 g/mol. The van der Waals surface area contributed by atoms with Gasteiger partial charge in [0.25, 0.3) is 0 Å². The van der Waals surface area contributed by atoms with Crippen LogP contribution in [0.5, 0.6) is 0 Å². The second-order valence-electron chi connectivity index (χ2n) is 6.54. The fourth-order valence-corrected chi connectivity index (χ4v) is 3.89. The lowest BCUT2D eigenvalue weighted by molar-refractivity contribution is -0.129. The molecule has 3 aromatic rings. The predicted molar refractivity (Wildman–Crippen MR) is 100 cm³/mol. The second-order valence-corrected chi connectivity index (χ2v) is 7.50. The minimum absolute atomic E-state index is 0.157. The van der Waals surface area contributed by atoms with Crippen LogP contribution < -0.4 is 0 Å². The molecule has 0 N–H and O–H groups in total. The van der Waals surface area contributed by atoms with Gasteiger partial charge in [-0.2, -0.15) is 4.68 Å². The zero-order chi connectivity index (χ0) is 17.9. The van der Waals surface area contributed by atoms with E-state index >= 15 is 0 Å². The van der Waals surface area contributed by atoms with Crippen LogP contribution in [0, 0.1) is 5.92 Å². The molecule has 1 aliphatic rings. The molecule has 1 aromatic carbocycles. The predicted octanol–water partition coefficient (Wildman–Crippen LogP) is 2.56. The Morgan fingerprint density at radius 3 is 2.73 bits per heavy atom. The zero-order valence-electron chi connectivity index (χ0n) is 14.6. The van der Waals surface area contributed by atoms with E-state index in [1.807, 2.05) is 35.2 Å². The first-order chi connectivity index (χ1) is 12.7. The summed E-state index contributed by atoms with van der Waals surface area (Å²) in [6.45, 7) is 3.94. The van der Waals surface area contributed by atoms with Gasteiger partial charge in [0.05, 0.1) is 11.4 Å². The van der Waals surface area contributed by atoms with Crippen molar-refractivity contribution in [1.29, 1.82) is 0 Å². The van der Waals surface area contributed by atoms with Crippen molar-refractivity contribution in [3.05, 3.63) is 36.7 Å². The van der Waals surface area contributed by atoms with Crippen molar-refractivity contribution in [2.45, 2.75) is 24.8 Å². The number of benzene rings is 1. The van der Waals surface area contributed by atoms with Gasteiger partial charge < -0.3 is 4.90 Å². The minimum Gasteiger partial charge on any atom is -0.342 e. The summed E-state index contributed by atoms with van der Waals surface area (Å²) in [5.41, 5.74) is 2.16. The lowest BCUT2D eigenvalue weighted by Gasteiger charge is -2.30. The highest BCUT2D eigenvalue weighted by Gasteiger charge is 2.21. The van der Waals surface area contributed by atoms with Gasteiger partial charge >= 0.3 is 0 Å². The van der Waals surface area contributed by atoms with Crippen molar-refractivity contribution < 1.29 is 4.79 Å². The Labute approximate surface area is 155 Å². The summed E-state index contributed by atoms with van der Waals surface area (Å²) in [6, 6.07) is 9.73. The van der Waals surface area contributed by atoms with Gasteiger partial charge in [-0.05, 0) is 30.9 Å². The minimum atomic E-state index is 0.157. The van der Waals surface area contributed by atoms with Crippen LogP contribution in [0.2, 0.25) is 0 Å². The number of para-hydroxylation sites is 1. The van der Waals surface area contributed by atoms with Gasteiger partial charge in [0.1, 0.15) is 11.4 Å². The SMILES string of the molecule is CC1CCN(C(=O)CSc2ncnc3c2nnn3-c2ccccc2)CC1. The number of rotatable bonds is 4. The number of carbonyl (C=O) groups is 1. The van der Waals surface area contributed by atoms with Gasteiger partial charge in [0, 0.05) is 13.1 Å². The molecule has 26 heavy (non-hydrogen) atoms. The molecule has 0 saturated carbocycles. The van der Waals surface area contributed by atoms with E-state index in [2.05, 4.69) is 27.2 Å². The molecule has 1 fully saturated rings. The molecule has 7 nitrogen and oxygen atoms in total. The molecule has 0 spiro atoms. The summed E-state index contributed by atoms with van der Waals surface area (Å²) < 4.78 is 1.69. The van der Waals surface area contributed by atoms with Gasteiger partial charge in [0.2, 0.25) is 5.91 Å². The van der Waals surface area contributed by atoms with Gasteiger partial charge in [-0.15, -0.1) is 5.10 Å². The molecule has 1 aliphatic heterocycles. The summed E-state index contributed by atoms with van der Waals surface area (Å²) in [5.74, 6) is 1.23. The van der Waals surface area contributed by atoms with Crippen LogP contribution in [0.1, 0.15) is 19.8 Å². The highest BCUT2D eigenvalue weighted by molar-refractivity contribution is 8.00. The van der Waals surface area contributed by atoms with Crippen molar-refractivity contribution in [3.8, 4) is 5.69 Å². The van der Waals surface area contributed by atoms with Crippen molar-refractivity contribution in [3.63, 3.8) is 0 Å². The van der Waals surface area contributed by atoms with E-state index in [4.69, 9.17) is 0 Å². The lowest BCUT2D eigenvalue weighted by atomic mass is 9.99. The Balaban J connectivity index is 1.51. The lowest BCUT2D eigenvalue weighted by Crippen LogP contribution is -2.38. The number of hydrogen-bond donors (Lipinski definition) is 0. The standard InChI is InChI=1S/C18H20N6OS/c1-13-7-9-23(10-8-13)15(25)11-26-18-16-17(19-12-20-18)24(22-21-16)14-5-3-2-4-6-14/h2-6,12-13H,7-11H2,1H3. The van der Waals surface area contributed by atoms with Crippen LogP contribution in [-0.4, -0.2) is 54.6 Å². The Bertz CT molecular complexity index is 904. The third-order valence-corrected chi connectivity index (χ3v) is 5.64. The average molecular weight is 368 g/mol. The summed E-state index contributed by atoms with van der Waals surface area (Å²) in [7, 11) is 0. The van der Waals surface area contributed by atoms with E-state index in [1.54, 1.807) is 4.68 Å². The topological polar surface area (TPSA) is 76.8 Å². The number of aromatic nitrogens is 5. The van der Waals surface area contributed by atoms with Crippen LogP contribution in [0.4, 0.5) is 0 Å². The fraction of sp³-hybridized carbons (Fsp3) is 0.389. The first-order valence-electron chi connectivity index (χ1n) is 8.75. The molecule has 0 unspecified atom stereocenters. The van der Waals surface area contributed by atoms with Crippen LogP contribution >= 0.6 is 11.8 Å². The summed E-state index contributed by atoms with van der Waals surface area (Å²) in [5, 5.41) is 9.14. The van der Waals surface area contributed by atoms with Gasteiger partial charge in [-0.3, -0.25) is 4.79 Å². The molecule has 4 rings (SSSR count). The smallest absolute Gasteiger partial charge is 0.232 e. The van der Waals surface area contributed by atoms with Crippen molar-refractivity contribution in [2.75, 3.05) is 18.8 Å². The first kappa shape index (κ1) is 17.0. The normalized spacial score (nSPS) is 15.5. The molecule has 134 valence electrons. The van der Waals surface area contributed by atoms with Crippen molar-refractivity contribution in [2.24, 2.45) is 5.92 Å². The van der Waals surface area contributed by atoms with Gasteiger partial charge in [-0.1, -0.05) is 42.1 Å². The van der Waals surface area contributed by atoms with E-state index in [0.717, 1.165) is 31.6 Å². The monoisotopic (exact) mass is 368 g/mol. The summed E-state index contributed by atoms with van der Waals surface area (Å²) >= 11 is 1.40. The molecule has 0 aliphatic carbocycles. The Morgan fingerprint density at radius 1 is 1.19 bits per heavy atom. The molecule has 2 aromatic heterocycles. The highest BCUT2D eigenvalue weighted by atomic mass is 32.2. The number of thioether (sulfide) groups is 1. The zero-order valence-corrected chi connectivity index (χ0v) is 15.4. The molecule has 0 atom stereocenters. The van der Waals surface area contributed by atoms with E-state index in [-0.39, 0.29) is 5.91 Å². The molecule has 0 radical (unpaired) electrons. The number of amides is 1. The van der Waals surface area contributed by atoms with E-state index in [9.17, 15) is 4.79 Å². The van der Waals surface area contributed by atoms with Crippen LogP contribution in [-0.2, 0) is 4.79 Å². The summed E-state index contributed by atoms with van der Waals surface area (Å²) in [6.07, 6.45) is 3.67. The maximum absolute atomic E-state index is 12.5. The first-order valence-corrected chi connectivity index (χ1v) is 9.73. The molecule has 1 saturated heterocycles. The number of piperidine rings is 1. The number of hydrogen-bond acceptors (Lipinski definition) is 6. The molecule has 0 bridgehead atoms. The third kappa shape index (κ3) is 3.41. The highest BCUT2D eigenvalue weighted by Crippen LogP contribution is 2.25. The fourth-order valence-electron chi connectivity index (χ4n) is 3.06. The van der Waals surface area contributed by atoms with E-state index in [0.29, 0.717) is 27.9 Å². The number of likely N-dealkylation sites (tertiary alicyclic amines) is 1. The molecule has 1 amide bonds. The van der Waals surface area contributed by atoms with Gasteiger partial charge in [0.15, 0.2) is 11.2 Å². The van der Waals surface area contributed by atoms with Crippen molar-refractivity contribution >= 4 is 28.8 Å². The molecular formula is C18H20N6OS. The molecule has 3 heterocycles. The van der Waals surface area contributed by atoms with E-state index in [1.165, 1.54) is 18.1 Å². The Morgan fingerprint density at radius 2 is 1.96 bits per heavy atom. The number of nitrogens with zero attached hydrogens (tertiary/aromatic N) is 6. The number of fused-ring (bicyclic) bond motifs is 1. The Hall–Kier alpha value is -2.48. The van der Waals surface area contributed by atoms with Crippen LogP contribution in [0.25, 0.3) is 16.9 Å². The summed E-state index contributed by atoms with van der Waals surface area (Å²) in [4.78, 5) is 23.0. The number of carbonyl (C=O) groups excluding carboxylic acids is 1. The maximum atomic E-state index is 12.5. The second kappa shape index (κ2) is 7.41. The largest absolute Gasteiger partial charge is 0.342 e. The quantitative estimate of drug-likeness (QED) is 0.520. The van der Waals surface area contributed by atoms with E-state index < -0.39 is 0 Å². The molecule has 8 heteroatoms. The van der Waals surface area contributed by atoms with Crippen molar-refractivity contribution in [1.82, 2.24) is 29.9 Å². The maximum Gasteiger partial charge on any atom is 0.232 e. The van der Waals surface area contributed by atoms with Crippen LogP contribution in [0.3, 0.4) is 0 Å². The van der Waals surface area contributed by atoms with Crippen LogP contribution in [0.15, 0.2) is 41.7 Å².